The summed E-state index contributed by atoms with van der Waals surface area (Å²) >= 11 is 0. The molecule has 1 aliphatic rings. The van der Waals surface area contributed by atoms with Gasteiger partial charge >= 0.3 is 0 Å². The topological polar surface area (TPSA) is 119 Å². The van der Waals surface area contributed by atoms with Crippen molar-refractivity contribution in [3.05, 3.63) is 0 Å². The maximum absolute atomic E-state index is 9.57. The molecule has 0 spiro atoms. The van der Waals surface area contributed by atoms with E-state index < -0.39 is 0 Å². The van der Waals surface area contributed by atoms with Crippen molar-refractivity contribution in [3.8, 4) is 0 Å². The van der Waals surface area contributed by atoms with Crippen molar-refractivity contribution in [1.29, 1.82) is 0 Å². The Morgan fingerprint density at radius 1 is 0.971 bits per heavy atom. The molecule has 0 amide bonds. The van der Waals surface area contributed by atoms with Gasteiger partial charge in [-0.3, -0.25) is 0 Å². The standard InChI is InChI=1S/C24H47N7O3/c1-7-8-10-25-20-26-21(30(12-14-32)13-15-33)28-22(27-20)31(11-9-16-34-6)19-17-23(2,3)29-24(4,5)18-19/h19,29,32-33H,7-18H2,1-6H3,(H,25,26,27,28). The Morgan fingerprint density at radius 3 is 2.15 bits per heavy atom. The molecule has 0 bridgehead atoms. The van der Waals surface area contributed by atoms with Gasteiger partial charge < -0.3 is 35.4 Å². The summed E-state index contributed by atoms with van der Waals surface area (Å²) in [6, 6.07) is 0.242. The van der Waals surface area contributed by atoms with Crippen LogP contribution >= 0.6 is 0 Å². The number of anilines is 3. The van der Waals surface area contributed by atoms with Crippen molar-refractivity contribution in [3.63, 3.8) is 0 Å². The first-order chi connectivity index (χ1) is 16.1. The highest BCUT2D eigenvalue weighted by Gasteiger charge is 2.40. The van der Waals surface area contributed by atoms with Crippen LogP contribution in [0.5, 0.6) is 0 Å². The maximum atomic E-state index is 9.57. The third kappa shape index (κ3) is 8.79. The van der Waals surface area contributed by atoms with Gasteiger partial charge in [-0.15, -0.1) is 0 Å². The number of rotatable bonds is 15. The Hall–Kier alpha value is -1.75. The minimum absolute atomic E-state index is 0.0240. The van der Waals surface area contributed by atoms with Gasteiger partial charge in [0.2, 0.25) is 17.8 Å². The molecule has 10 nitrogen and oxygen atoms in total. The van der Waals surface area contributed by atoms with E-state index in [0.717, 1.165) is 45.2 Å². The molecule has 0 aromatic carbocycles. The minimum atomic E-state index is -0.0478. The molecular weight excluding hydrogens is 434 g/mol. The van der Waals surface area contributed by atoms with E-state index in [-0.39, 0.29) is 30.3 Å². The monoisotopic (exact) mass is 481 g/mol. The van der Waals surface area contributed by atoms with Gasteiger partial charge in [-0.1, -0.05) is 13.3 Å². The highest BCUT2D eigenvalue weighted by Crippen LogP contribution is 2.33. The first kappa shape index (κ1) is 28.5. The highest BCUT2D eigenvalue weighted by molar-refractivity contribution is 5.46. The second-order valence-electron chi connectivity index (χ2n) is 10.5. The Labute approximate surface area is 205 Å². The van der Waals surface area contributed by atoms with Crippen molar-refractivity contribution in [2.24, 2.45) is 0 Å². The summed E-state index contributed by atoms with van der Waals surface area (Å²) in [5.74, 6) is 1.62. The van der Waals surface area contributed by atoms with Gasteiger partial charge in [0.05, 0.1) is 13.2 Å². The van der Waals surface area contributed by atoms with Crippen molar-refractivity contribution in [2.45, 2.75) is 83.8 Å². The number of unbranched alkanes of at least 4 members (excludes halogenated alkanes) is 1. The molecular formula is C24H47N7O3. The van der Waals surface area contributed by atoms with Gasteiger partial charge in [-0.25, -0.2) is 0 Å². The van der Waals surface area contributed by atoms with Crippen LogP contribution in [-0.4, -0.2) is 95.4 Å². The third-order valence-corrected chi connectivity index (χ3v) is 6.06. The van der Waals surface area contributed by atoms with Crippen LogP contribution < -0.4 is 20.4 Å². The lowest BCUT2D eigenvalue weighted by Gasteiger charge is -2.49. The minimum Gasteiger partial charge on any atom is -0.395 e. The molecule has 2 heterocycles. The molecule has 0 radical (unpaired) electrons. The summed E-state index contributed by atoms with van der Waals surface area (Å²) in [5, 5.41) is 26.2. The summed E-state index contributed by atoms with van der Waals surface area (Å²) in [4.78, 5) is 18.4. The van der Waals surface area contributed by atoms with E-state index >= 15 is 0 Å². The second-order valence-corrected chi connectivity index (χ2v) is 10.5. The first-order valence-corrected chi connectivity index (χ1v) is 12.7. The van der Waals surface area contributed by atoms with Crippen LogP contribution in [0.25, 0.3) is 0 Å². The van der Waals surface area contributed by atoms with Gasteiger partial charge in [-0.2, -0.15) is 15.0 Å². The lowest BCUT2D eigenvalue weighted by Crippen LogP contribution is -2.62. The number of hydrogen-bond donors (Lipinski definition) is 4. The zero-order valence-electron chi connectivity index (χ0n) is 22.1. The fourth-order valence-electron chi connectivity index (χ4n) is 4.95. The summed E-state index contributed by atoms with van der Waals surface area (Å²) in [5.41, 5.74) is -0.0480. The van der Waals surface area contributed by atoms with Crippen LogP contribution in [0.2, 0.25) is 0 Å². The predicted octanol–water partition coefficient (Wildman–Crippen LogP) is 2.03. The number of nitrogens with zero attached hydrogens (tertiary/aromatic N) is 5. The van der Waals surface area contributed by atoms with Crippen LogP contribution in [0.1, 0.15) is 66.7 Å². The number of ether oxygens (including phenoxy) is 1. The van der Waals surface area contributed by atoms with E-state index in [9.17, 15) is 10.2 Å². The Kier molecular flexibility index (Phi) is 11.2. The average molecular weight is 482 g/mol. The van der Waals surface area contributed by atoms with Crippen molar-refractivity contribution in [2.75, 3.05) is 68.2 Å². The highest BCUT2D eigenvalue weighted by atomic mass is 16.5. The van der Waals surface area contributed by atoms with Gasteiger partial charge in [0.1, 0.15) is 0 Å². The van der Waals surface area contributed by atoms with E-state index in [1.54, 1.807) is 12.0 Å². The second kappa shape index (κ2) is 13.4. The molecule has 4 N–H and O–H groups in total. The number of aliphatic hydroxyl groups is 2. The van der Waals surface area contributed by atoms with Crippen molar-refractivity contribution in [1.82, 2.24) is 20.3 Å². The fraction of sp³-hybridized carbons (Fsp3) is 0.875. The van der Waals surface area contributed by atoms with Crippen LogP contribution in [-0.2, 0) is 4.74 Å². The number of aliphatic hydroxyl groups excluding tert-OH is 2. The molecule has 1 aromatic heterocycles. The maximum Gasteiger partial charge on any atom is 0.232 e. The molecule has 0 aliphatic carbocycles. The lowest BCUT2D eigenvalue weighted by atomic mass is 9.79. The van der Waals surface area contributed by atoms with Gasteiger partial charge in [0, 0.05) is 57.0 Å². The summed E-state index contributed by atoms with van der Waals surface area (Å²) in [6.07, 6.45) is 4.86. The van der Waals surface area contributed by atoms with E-state index in [0.29, 0.717) is 37.5 Å². The number of methoxy groups -OCH3 is 1. The van der Waals surface area contributed by atoms with E-state index in [2.05, 4.69) is 55.1 Å². The van der Waals surface area contributed by atoms with E-state index in [1.165, 1.54) is 0 Å². The van der Waals surface area contributed by atoms with Gasteiger partial charge in [-0.05, 0) is 53.4 Å². The lowest BCUT2D eigenvalue weighted by molar-refractivity contribution is 0.154. The fourth-order valence-corrected chi connectivity index (χ4v) is 4.95. The Bertz CT molecular complexity index is 711. The Balaban J connectivity index is 2.48. The quantitative estimate of drug-likeness (QED) is 0.277. The molecule has 10 heteroatoms. The van der Waals surface area contributed by atoms with Crippen LogP contribution in [0, 0.1) is 0 Å². The zero-order chi connectivity index (χ0) is 25.2. The molecule has 0 saturated carbocycles. The van der Waals surface area contributed by atoms with Crippen molar-refractivity contribution >= 4 is 17.8 Å². The molecule has 1 aliphatic heterocycles. The average Bonchev–Trinajstić information content (AvgIpc) is 2.74. The smallest absolute Gasteiger partial charge is 0.232 e. The predicted molar refractivity (Wildman–Crippen MR) is 138 cm³/mol. The van der Waals surface area contributed by atoms with E-state index in [1.807, 2.05) is 0 Å². The number of hydrogen-bond acceptors (Lipinski definition) is 10. The summed E-state index contributed by atoms with van der Waals surface area (Å²) in [7, 11) is 1.72. The molecule has 2 rings (SSSR count). The van der Waals surface area contributed by atoms with Crippen LogP contribution in [0.4, 0.5) is 17.8 Å². The third-order valence-electron chi connectivity index (χ3n) is 6.06. The molecule has 1 fully saturated rings. The van der Waals surface area contributed by atoms with Crippen LogP contribution in [0.3, 0.4) is 0 Å². The molecule has 0 atom stereocenters. The van der Waals surface area contributed by atoms with Crippen LogP contribution in [0.15, 0.2) is 0 Å². The normalized spacial score (nSPS) is 17.5. The first-order valence-electron chi connectivity index (χ1n) is 12.7. The number of piperidine rings is 1. The SMILES string of the molecule is CCCCNc1nc(N(CCO)CCO)nc(N(CCCOC)C2CC(C)(C)NC(C)(C)C2)n1. The van der Waals surface area contributed by atoms with E-state index in [4.69, 9.17) is 14.7 Å². The zero-order valence-corrected chi connectivity index (χ0v) is 22.1. The molecule has 1 aromatic rings. The summed E-state index contributed by atoms with van der Waals surface area (Å²) < 4.78 is 5.34. The molecule has 34 heavy (non-hydrogen) atoms. The van der Waals surface area contributed by atoms with Gasteiger partial charge in [0.15, 0.2) is 0 Å². The largest absolute Gasteiger partial charge is 0.395 e. The van der Waals surface area contributed by atoms with Crippen molar-refractivity contribution < 1.29 is 14.9 Å². The molecule has 1 saturated heterocycles. The molecule has 0 unspecified atom stereocenters. The Morgan fingerprint density at radius 2 is 1.59 bits per heavy atom. The molecule has 196 valence electrons. The number of nitrogens with one attached hydrogen (secondary N) is 2. The number of aromatic nitrogens is 3. The summed E-state index contributed by atoms with van der Waals surface area (Å²) in [6.45, 7) is 13.9. The van der Waals surface area contributed by atoms with Gasteiger partial charge in [0.25, 0.3) is 0 Å².